The van der Waals surface area contributed by atoms with Crippen LogP contribution >= 0.6 is 0 Å². The van der Waals surface area contributed by atoms with Crippen molar-refractivity contribution in [1.29, 1.82) is 0 Å². The third-order valence-corrected chi connectivity index (χ3v) is 6.46. The van der Waals surface area contributed by atoms with Gasteiger partial charge in [-0.25, -0.2) is 0 Å². The Balaban J connectivity index is 1.21. The number of anilines is 1. The van der Waals surface area contributed by atoms with Crippen LogP contribution in [-0.4, -0.2) is 45.3 Å². The predicted molar refractivity (Wildman–Crippen MR) is 133 cm³/mol. The lowest BCUT2D eigenvalue weighted by Gasteiger charge is -2.36. The first-order valence-corrected chi connectivity index (χ1v) is 12.7. The van der Waals surface area contributed by atoms with Crippen molar-refractivity contribution < 1.29 is 22.1 Å². The van der Waals surface area contributed by atoms with E-state index in [0.717, 1.165) is 44.0 Å². The molecule has 2 aliphatic heterocycles. The second-order valence-corrected chi connectivity index (χ2v) is 9.67. The first kappa shape index (κ1) is 23.1. The molecule has 0 atom stereocenters. The molecule has 1 saturated heterocycles. The largest absolute Gasteiger partial charge is 0.452 e. The van der Waals surface area contributed by atoms with Gasteiger partial charge in [-0.1, -0.05) is 42.5 Å². The Bertz CT molecular complexity index is 1360. The summed E-state index contributed by atoms with van der Waals surface area (Å²) in [4.78, 5) is 17.5. The van der Waals surface area contributed by atoms with E-state index in [2.05, 4.69) is 38.2 Å². The molecule has 35 heavy (non-hydrogen) atoms. The van der Waals surface area contributed by atoms with Crippen molar-refractivity contribution in [2.45, 2.75) is 6.54 Å². The molecular weight excluding hydrogens is 466 g/mol. The lowest BCUT2D eigenvalue weighted by molar-refractivity contribution is 0.101. The number of benzene rings is 3. The van der Waals surface area contributed by atoms with Crippen molar-refractivity contribution in [2.75, 3.05) is 31.1 Å². The zero-order valence-corrected chi connectivity index (χ0v) is 19.8. The van der Waals surface area contributed by atoms with Crippen molar-refractivity contribution in [1.82, 2.24) is 4.90 Å². The molecule has 8 nitrogen and oxygen atoms in total. The highest BCUT2D eigenvalue weighted by Crippen LogP contribution is 2.35. The van der Waals surface area contributed by atoms with Crippen LogP contribution in [0.1, 0.15) is 21.5 Å². The zero-order valence-electron chi connectivity index (χ0n) is 19.0. The number of nitrogens with zero attached hydrogens (tertiary/aromatic N) is 2. The number of hydrogen-bond acceptors (Lipinski definition) is 7. The van der Waals surface area contributed by atoms with Gasteiger partial charge in [0.1, 0.15) is 11.5 Å². The maximum absolute atomic E-state index is 12.7. The van der Waals surface area contributed by atoms with E-state index in [-0.39, 0.29) is 23.0 Å². The number of nitrogens with two attached hydrogens (primary N) is 1. The van der Waals surface area contributed by atoms with Crippen molar-refractivity contribution >= 4 is 27.9 Å². The molecule has 3 aromatic carbocycles. The summed E-state index contributed by atoms with van der Waals surface area (Å²) in [7, 11) is -4.16. The number of hydrogen-bond donors (Lipinski definition) is 1. The summed E-state index contributed by atoms with van der Waals surface area (Å²) in [5.74, 6) is 0.0942. The molecule has 0 aliphatic carbocycles. The van der Waals surface area contributed by atoms with Gasteiger partial charge in [0.2, 0.25) is 5.78 Å². The summed E-state index contributed by atoms with van der Waals surface area (Å²) in [6.45, 7) is 4.87. The van der Waals surface area contributed by atoms with E-state index in [9.17, 15) is 13.2 Å². The topological polar surface area (TPSA) is 102 Å². The van der Waals surface area contributed by atoms with Crippen molar-refractivity contribution in [3.8, 4) is 11.5 Å². The minimum absolute atomic E-state index is 0.0199. The second kappa shape index (κ2) is 9.53. The molecule has 1 fully saturated rings. The van der Waals surface area contributed by atoms with Crippen LogP contribution in [-0.2, 0) is 16.8 Å². The number of allylic oxidation sites excluding steroid dienone is 1. The van der Waals surface area contributed by atoms with E-state index in [4.69, 9.17) is 9.88 Å². The van der Waals surface area contributed by atoms with Crippen LogP contribution in [0.5, 0.6) is 11.5 Å². The van der Waals surface area contributed by atoms with Crippen molar-refractivity contribution in [2.24, 2.45) is 5.14 Å². The summed E-state index contributed by atoms with van der Waals surface area (Å²) < 4.78 is 32.6. The highest BCUT2D eigenvalue weighted by Gasteiger charge is 2.28. The Morgan fingerprint density at radius 3 is 2.34 bits per heavy atom. The van der Waals surface area contributed by atoms with E-state index in [1.54, 1.807) is 6.08 Å². The Morgan fingerprint density at radius 2 is 1.66 bits per heavy atom. The minimum atomic E-state index is -4.16. The third kappa shape index (κ3) is 5.54. The lowest BCUT2D eigenvalue weighted by Crippen LogP contribution is -2.45. The van der Waals surface area contributed by atoms with Gasteiger partial charge in [0, 0.05) is 44.5 Å². The zero-order chi connectivity index (χ0) is 24.4. The SMILES string of the molecule is NS(=O)(=O)Oc1ccc2c(c1)O/C(=C\c1ccc(N3CCN(Cc4ccccc4)CC3)cc1)C2=O. The molecule has 2 heterocycles. The number of ether oxygens (including phenoxy) is 1. The fourth-order valence-electron chi connectivity index (χ4n) is 4.29. The molecule has 0 bridgehead atoms. The Hall–Kier alpha value is -3.66. The Labute approximate surface area is 204 Å². The highest BCUT2D eigenvalue weighted by molar-refractivity contribution is 7.84. The minimum Gasteiger partial charge on any atom is -0.452 e. The van der Waals surface area contributed by atoms with Crippen molar-refractivity contribution in [3.05, 3.63) is 95.2 Å². The number of fused-ring (bicyclic) bond motifs is 1. The summed E-state index contributed by atoms with van der Waals surface area (Å²) in [5, 5.41) is 4.90. The van der Waals surface area contributed by atoms with Crippen molar-refractivity contribution in [3.63, 3.8) is 0 Å². The fourth-order valence-corrected chi connectivity index (χ4v) is 4.66. The number of piperazine rings is 1. The molecule has 0 aromatic heterocycles. The van der Waals surface area contributed by atoms with Gasteiger partial charge in [0.05, 0.1) is 5.56 Å². The van der Waals surface area contributed by atoms with Gasteiger partial charge in [-0.2, -0.15) is 13.6 Å². The van der Waals surface area contributed by atoms with Gasteiger partial charge >= 0.3 is 10.3 Å². The molecule has 2 N–H and O–H groups in total. The Kier molecular flexibility index (Phi) is 6.29. The smallest absolute Gasteiger partial charge is 0.380 e. The normalized spacial score (nSPS) is 17.3. The predicted octanol–water partition coefficient (Wildman–Crippen LogP) is 3.21. The maximum atomic E-state index is 12.7. The molecular formula is C26H25N3O5S. The molecule has 0 radical (unpaired) electrons. The number of carbonyl (C=O) groups excluding carboxylic acids is 1. The monoisotopic (exact) mass is 491 g/mol. The van der Waals surface area contributed by atoms with E-state index in [1.807, 2.05) is 30.3 Å². The lowest BCUT2D eigenvalue weighted by atomic mass is 10.1. The van der Waals surface area contributed by atoms with Gasteiger partial charge in [-0.05, 0) is 41.5 Å². The standard InChI is InChI=1S/C26H25N3O5S/c27-35(31,32)34-22-10-11-23-24(17-22)33-25(26(23)30)16-19-6-8-21(9-7-19)29-14-12-28(13-15-29)18-20-4-2-1-3-5-20/h1-11,16-17H,12-15,18H2,(H2,27,31,32)/b25-16-. The summed E-state index contributed by atoms with van der Waals surface area (Å²) in [6.07, 6.45) is 1.67. The number of rotatable bonds is 6. The number of Topliss-reactive ketones (excluding diaryl/α,β-unsaturated/α-hetero) is 1. The third-order valence-electron chi connectivity index (χ3n) is 6.03. The van der Waals surface area contributed by atoms with Crippen LogP contribution in [0.15, 0.2) is 78.6 Å². The first-order chi connectivity index (χ1) is 16.8. The second-order valence-electron chi connectivity index (χ2n) is 8.51. The molecule has 2 aliphatic rings. The molecule has 3 aromatic rings. The van der Waals surface area contributed by atoms with Crippen LogP contribution < -0.4 is 19.0 Å². The average Bonchev–Trinajstić information content (AvgIpc) is 3.14. The van der Waals surface area contributed by atoms with E-state index < -0.39 is 10.3 Å². The highest BCUT2D eigenvalue weighted by atomic mass is 32.2. The van der Waals surface area contributed by atoms with Crippen LogP contribution in [0.25, 0.3) is 6.08 Å². The summed E-state index contributed by atoms with van der Waals surface area (Å²) in [6, 6.07) is 22.7. The summed E-state index contributed by atoms with van der Waals surface area (Å²) >= 11 is 0. The van der Waals surface area contributed by atoms with E-state index >= 15 is 0 Å². The van der Waals surface area contributed by atoms with Gasteiger partial charge in [0.15, 0.2) is 5.76 Å². The average molecular weight is 492 g/mol. The van der Waals surface area contributed by atoms with Gasteiger partial charge < -0.3 is 13.8 Å². The van der Waals surface area contributed by atoms with E-state index in [1.165, 1.54) is 23.8 Å². The van der Waals surface area contributed by atoms with Crippen LogP contribution in [0.2, 0.25) is 0 Å². The van der Waals surface area contributed by atoms with Gasteiger partial charge in [0.25, 0.3) is 0 Å². The quantitative estimate of drug-likeness (QED) is 0.528. The maximum Gasteiger partial charge on any atom is 0.380 e. The van der Waals surface area contributed by atoms with Gasteiger partial charge in [-0.15, -0.1) is 0 Å². The molecule has 9 heteroatoms. The van der Waals surface area contributed by atoms with Crippen LogP contribution in [0, 0.1) is 0 Å². The van der Waals surface area contributed by atoms with Gasteiger partial charge in [-0.3, -0.25) is 9.69 Å². The Morgan fingerprint density at radius 1 is 0.943 bits per heavy atom. The number of ketones is 1. The van der Waals surface area contributed by atoms with E-state index in [0.29, 0.717) is 5.56 Å². The summed E-state index contributed by atoms with van der Waals surface area (Å²) in [5.41, 5.74) is 3.63. The molecule has 0 spiro atoms. The molecule has 0 saturated carbocycles. The first-order valence-electron chi connectivity index (χ1n) is 11.3. The molecule has 0 amide bonds. The van der Waals surface area contributed by atoms with Crippen LogP contribution in [0.4, 0.5) is 5.69 Å². The molecule has 5 rings (SSSR count). The molecule has 180 valence electrons. The number of carbonyl (C=O) groups is 1. The fraction of sp³-hybridized carbons (Fsp3) is 0.192. The van der Waals surface area contributed by atoms with Crippen LogP contribution in [0.3, 0.4) is 0 Å². The molecule has 0 unspecified atom stereocenters.